The molecule has 0 heterocycles. The predicted octanol–water partition coefficient (Wildman–Crippen LogP) is 2.77. The molecule has 12 heavy (non-hydrogen) atoms. The van der Waals surface area contributed by atoms with Gasteiger partial charge in [0.25, 0.3) is 0 Å². The largest absolute Gasteiger partial charge is 0.147 e. The Morgan fingerprint density at radius 3 is 2.42 bits per heavy atom. The number of hydrogen-bond acceptors (Lipinski definition) is 0. The first-order chi connectivity index (χ1) is 4.88. The Morgan fingerprint density at radius 2 is 1.75 bits per heavy atom. The van der Waals surface area contributed by atoms with Gasteiger partial charge in [-0.2, -0.15) is 0 Å². The van der Waals surface area contributed by atoms with Crippen molar-refractivity contribution in [1.82, 2.24) is 0 Å². The molecule has 1 aromatic rings. The van der Waals surface area contributed by atoms with Crippen LogP contribution in [0.15, 0.2) is 30.3 Å². The number of fused-ring (bicyclic) bond motifs is 1. The molecule has 2 radical (unpaired) electrons. The van der Waals surface area contributed by atoms with E-state index < -0.39 is 0 Å². The summed E-state index contributed by atoms with van der Waals surface area (Å²) in [6.45, 7) is 0. The van der Waals surface area contributed by atoms with E-state index in [1.54, 1.807) is 0 Å². The summed E-state index contributed by atoms with van der Waals surface area (Å²) in [5.74, 6) is 0. The van der Waals surface area contributed by atoms with Crippen molar-refractivity contribution in [3.05, 3.63) is 41.5 Å². The quantitative estimate of drug-likeness (QED) is 0.583. The van der Waals surface area contributed by atoms with Gasteiger partial charge in [-0.15, -0.1) is 24.8 Å². The van der Waals surface area contributed by atoms with Crippen LogP contribution in [0.1, 0.15) is 15.9 Å². The van der Waals surface area contributed by atoms with Crippen LogP contribution < -0.4 is 0 Å². The van der Waals surface area contributed by atoms with Gasteiger partial charge < -0.3 is 0 Å². The molecule has 0 saturated heterocycles. The molecule has 0 fully saturated rings. The second-order valence-corrected chi connectivity index (χ2v) is 3.23. The first kappa shape index (κ1) is 12.1. The van der Waals surface area contributed by atoms with Gasteiger partial charge in [0.05, 0.1) is 0 Å². The standard InChI is InChI=1S/C9H7.Al.2ClH/c1-2-5-9-7-3-6-8(9)4-1;;;/h1-7H;;2*1H. The zero-order chi connectivity index (χ0) is 6.97. The normalized spacial score (nSPS) is 17.5. The second kappa shape index (κ2) is 4.94. The third-order valence-electron chi connectivity index (χ3n) is 1.84. The Morgan fingerprint density at radius 1 is 1.08 bits per heavy atom. The Balaban J connectivity index is 0.000000605. The number of rotatable bonds is 0. The molecule has 3 heteroatoms. The number of hydrogen-bond donors (Lipinski definition) is 0. The summed E-state index contributed by atoms with van der Waals surface area (Å²) in [4.78, 5) is 0. The maximum Gasteiger partial charge on any atom is 0.138 e. The van der Waals surface area contributed by atoms with Crippen LogP contribution in [-0.2, 0) is 0 Å². The maximum atomic E-state index is 2.81. The number of halogens is 2. The van der Waals surface area contributed by atoms with Crippen LogP contribution in [0.3, 0.4) is 0 Å². The molecule has 1 aliphatic rings. The Kier molecular flexibility index (Phi) is 4.97. The fraction of sp³-hybridized carbons (Fsp3) is 0.111. The molecular weight excluding hydrogens is 206 g/mol. The van der Waals surface area contributed by atoms with Crippen LogP contribution in [0.4, 0.5) is 0 Å². The van der Waals surface area contributed by atoms with Gasteiger partial charge in [0.2, 0.25) is 0 Å². The van der Waals surface area contributed by atoms with Crippen molar-refractivity contribution in [1.29, 1.82) is 0 Å². The zero-order valence-electron chi connectivity index (χ0n) is 6.44. The van der Waals surface area contributed by atoms with Crippen LogP contribution in [0.2, 0.25) is 0 Å². The molecule has 1 aliphatic carbocycles. The molecule has 0 nitrogen and oxygen atoms in total. The van der Waals surface area contributed by atoms with E-state index in [9.17, 15) is 0 Å². The summed E-state index contributed by atoms with van der Waals surface area (Å²) in [7, 11) is 0. The summed E-state index contributed by atoms with van der Waals surface area (Å²) in [6.07, 6.45) is 4.38. The molecule has 62 valence electrons. The molecule has 1 unspecified atom stereocenters. The molecule has 0 bridgehead atoms. The maximum absolute atomic E-state index is 2.81. The van der Waals surface area contributed by atoms with Gasteiger partial charge in [-0.25, -0.2) is 0 Å². The highest BCUT2D eigenvalue weighted by Crippen LogP contribution is 2.26. The lowest BCUT2D eigenvalue weighted by Gasteiger charge is -2.02. The van der Waals surface area contributed by atoms with Crippen LogP contribution in [0.5, 0.6) is 0 Å². The summed E-state index contributed by atoms with van der Waals surface area (Å²) in [5, 5.41) is 0. The smallest absolute Gasteiger partial charge is 0.138 e. The van der Waals surface area contributed by atoms with Crippen molar-refractivity contribution in [2.45, 2.75) is 4.78 Å². The summed E-state index contributed by atoms with van der Waals surface area (Å²) < 4.78 is 0.538. The van der Waals surface area contributed by atoms with E-state index in [0.717, 1.165) is 0 Å². The Labute approximate surface area is 93.3 Å². The molecule has 2 rings (SSSR count). The highest BCUT2D eigenvalue weighted by Gasteiger charge is 2.08. The minimum Gasteiger partial charge on any atom is -0.147 e. The molecule has 0 amide bonds. The Bertz CT molecular complexity index is 284. The summed E-state index contributed by atoms with van der Waals surface area (Å²) >= 11 is 2.81. The zero-order valence-corrected chi connectivity index (χ0v) is 9.22. The van der Waals surface area contributed by atoms with E-state index in [1.165, 1.54) is 11.1 Å². The van der Waals surface area contributed by atoms with Gasteiger partial charge >= 0.3 is 0 Å². The van der Waals surface area contributed by atoms with E-state index in [0.29, 0.717) is 4.78 Å². The molecule has 0 N–H and O–H groups in total. The van der Waals surface area contributed by atoms with Crippen molar-refractivity contribution < 1.29 is 0 Å². The molecule has 1 atom stereocenters. The van der Waals surface area contributed by atoms with Crippen LogP contribution >= 0.6 is 24.8 Å². The average Bonchev–Trinajstić information content (AvgIpc) is 2.34. The highest BCUT2D eigenvalue weighted by molar-refractivity contribution is 6.15. The predicted molar refractivity (Wildman–Crippen MR) is 58.5 cm³/mol. The van der Waals surface area contributed by atoms with Crippen LogP contribution in [-0.4, -0.2) is 16.3 Å². The van der Waals surface area contributed by atoms with E-state index in [4.69, 9.17) is 0 Å². The third kappa shape index (κ3) is 2.06. The second-order valence-electron chi connectivity index (χ2n) is 2.51. The van der Waals surface area contributed by atoms with Crippen molar-refractivity contribution >= 4 is 47.2 Å². The lowest BCUT2D eigenvalue weighted by molar-refractivity contribution is 1.25. The molecule has 0 spiro atoms. The minimum absolute atomic E-state index is 0. The topological polar surface area (TPSA) is 0 Å². The monoisotopic (exact) mass is 214 g/mol. The SMILES string of the molecule is Cl.Cl.[Al][CH]1C=Cc2ccccc21. The average molecular weight is 215 g/mol. The van der Waals surface area contributed by atoms with E-state index >= 15 is 0 Å². The highest BCUT2D eigenvalue weighted by atomic mass is 35.5. The Hall–Kier alpha value is 0.0725. The van der Waals surface area contributed by atoms with E-state index in [-0.39, 0.29) is 24.8 Å². The lowest BCUT2D eigenvalue weighted by Crippen LogP contribution is -1.89. The van der Waals surface area contributed by atoms with E-state index in [2.05, 4.69) is 52.7 Å². The fourth-order valence-electron chi connectivity index (χ4n) is 1.28. The number of allylic oxidation sites excluding steroid dienone is 1. The van der Waals surface area contributed by atoms with Crippen LogP contribution in [0.25, 0.3) is 6.08 Å². The minimum atomic E-state index is 0. The van der Waals surface area contributed by atoms with E-state index in [1.807, 2.05) is 0 Å². The summed E-state index contributed by atoms with van der Waals surface area (Å²) in [6, 6.07) is 8.48. The van der Waals surface area contributed by atoms with Crippen molar-refractivity contribution in [3.63, 3.8) is 0 Å². The molecule has 0 aromatic heterocycles. The van der Waals surface area contributed by atoms with Gasteiger partial charge in [-0.1, -0.05) is 41.2 Å². The van der Waals surface area contributed by atoms with Crippen LogP contribution in [0, 0.1) is 0 Å². The first-order valence-electron chi connectivity index (χ1n) is 3.40. The summed E-state index contributed by atoms with van der Waals surface area (Å²) in [5.41, 5.74) is 2.79. The van der Waals surface area contributed by atoms with Gasteiger partial charge in [0.15, 0.2) is 0 Å². The van der Waals surface area contributed by atoms with Gasteiger partial charge in [0.1, 0.15) is 16.3 Å². The molecule has 0 aliphatic heterocycles. The van der Waals surface area contributed by atoms with Crippen molar-refractivity contribution in [2.75, 3.05) is 0 Å². The molecule has 0 saturated carbocycles. The lowest BCUT2D eigenvalue weighted by atomic mass is 10.1. The first-order valence-corrected chi connectivity index (χ1v) is 4.07. The fourth-order valence-corrected chi connectivity index (χ4v) is 1.69. The van der Waals surface area contributed by atoms with Gasteiger partial charge in [0, 0.05) is 0 Å². The third-order valence-corrected chi connectivity index (χ3v) is 2.42. The number of benzene rings is 1. The molecular formula is C9H9AlCl2. The van der Waals surface area contributed by atoms with Gasteiger partial charge in [-0.3, -0.25) is 0 Å². The van der Waals surface area contributed by atoms with Crippen molar-refractivity contribution in [3.8, 4) is 0 Å². The van der Waals surface area contributed by atoms with Crippen molar-refractivity contribution in [2.24, 2.45) is 0 Å². The van der Waals surface area contributed by atoms with Gasteiger partial charge in [-0.05, 0) is 11.1 Å². The molecule has 1 aromatic carbocycles.